The summed E-state index contributed by atoms with van der Waals surface area (Å²) in [5.41, 5.74) is 4.53. The molecule has 1 heterocycles. The molecule has 0 radical (unpaired) electrons. The molecule has 0 spiro atoms. The summed E-state index contributed by atoms with van der Waals surface area (Å²) >= 11 is 3.10. The average molecular weight is 288 g/mol. The fourth-order valence-corrected chi connectivity index (χ4v) is 1.50. The summed E-state index contributed by atoms with van der Waals surface area (Å²) in [5, 5.41) is 0. The Balaban J connectivity index is 2.26. The van der Waals surface area contributed by atoms with E-state index in [4.69, 9.17) is 5.73 Å². The van der Waals surface area contributed by atoms with E-state index in [0.717, 1.165) is 0 Å². The van der Waals surface area contributed by atoms with E-state index in [9.17, 15) is 8.78 Å². The summed E-state index contributed by atoms with van der Waals surface area (Å²) in [6.07, 6.45) is 1.21. The lowest BCUT2D eigenvalue weighted by molar-refractivity contribution is 0.0870. The minimum atomic E-state index is -2.70. The van der Waals surface area contributed by atoms with E-state index in [1.54, 1.807) is 0 Å². The quantitative estimate of drug-likeness (QED) is 0.745. The van der Waals surface area contributed by atoms with Crippen LogP contribution in [-0.2, 0) is 0 Å². The number of halogens is 3. The van der Waals surface area contributed by atoms with Crippen molar-refractivity contribution in [1.82, 2.24) is 9.97 Å². The van der Waals surface area contributed by atoms with Crippen LogP contribution in [0.4, 0.5) is 14.6 Å². The first kappa shape index (κ1) is 11.3. The minimum absolute atomic E-state index is 0.134. The molecule has 0 amide bonds. The number of rotatable bonds is 0. The van der Waals surface area contributed by atoms with Crippen LogP contribution in [0.15, 0.2) is 10.8 Å². The molecule has 0 aromatic carbocycles. The number of nitrogens with zero attached hydrogens (tertiary/aromatic N) is 2. The van der Waals surface area contributed by atoms with Crippen molar-refractivity contribution in [2.75, 3.05) is 5.73 Å². The maximum atomic E-state index is 12.9. The molecule has 6 heteroatoms. The zero-order valence-electron chi connectivity index (χ0n) is 8.39. The number of hydrogen-bond donors (Lipinski definition) is 1. The minimum Gasteiger partial charge on any atom is -0.381 e. The zero-order valence-corrected chi connectivity index (χ0v) is 9.98. The van der Waals surface area contributed by atoms with Gasteiger partial charge >= 0.3 is 0 Å². The van der Waals surface area contributed by atoms with Crippen LogP contribution in [0, 0.1) is 17.3 Å². The monoisotopic (exact) mass is 287 g/mol. The maximum Gasteiger partial charge on any atom is 0.266 e. The van der Waals surface area contributed by atoms with Crippen LogP contribution in [-0.4, -0.2) is 15.9 Å². The number of anilines is 1. The highest BCUT2D eigenvalue weighted by atomic mass is 79.9. The van der Waals surface area contributed by atoms with Gasteiger partial charge in [-0.3, -0.25) is 0 Å². The molecule has 84 valence electrons. The molecule has 2 rings (SSSR count). The van der Waals surface area contributed by atoms with Crippen LogP contribution >= 0.6 is 15.9 Å². The Bertz CT molecular complexity index is 507. The number of nitrogens with two attached hydrogens (primary N) is 1. The van der Waals surface area contributed by atoms with Crippen LogP contribution in [0.1, 0.15) is 19.0 Å². The second-order valence-corrected chi connectivity index (χ2v) is 4.70. The molecule has 16 heavy (non-hydrogen) atoms. The molecule has 1 atom stereocenters. The van der Waals surface area contributed by atoms with Gasteiger partial charge in [-0.1, -0.05) is 5.92 Å². The summed E-state index contributed by atoms with van der Waals surface area (Å²) < 4.78 is 26.2. The van der Waals surface area contributed by atoms with Crippen molar-refractivity contribution < 1.29 is 8.78 Å². The molecule has 0 bridgehead atoms. The van der Waals surface area contributed by atoms with Gasteiger partial charge < -0.3 is 5.73 Å². The first-order chi connectivity index (χ1) is 7.34. The van der Waals surface area contributed by atoms with Crippen LogP contribution in [0.2, 0.25) is 0 Å². The Morgan fingerprint density at radius 3 is 2.69 bits per heavy atom. The molecule has 1 aromatic rings. The van der Waals surface area contributed by atoms with Crippen molar-refractivity contribution in [3.63, 3.8) is 0 Å². The highest BCUT2D eigenvalue weighted by Gasteiger charge is 2.67. The van der Waals surface area contributed by atoms with Crippen molar-refractivity contribution >= 4 is 21.7 Å². The van der Waals surface area contributed by atoms with E-state index in [1.807, 2.05) is 0 Å². The molecule has 0 saturated heterocycles. The lowest BCUT2D eigenvalue weighted by Crippen LogP contribution is -2.04. The Morgan fingerprint density at radius 1 is 1.56 bits per heavy atom. The SMILES string of the molecule is CC1(C#Cc2ncc(Br)nc2N)CC1(F)F. The van der Waals surface area contributed by atoms with Crippen LogP contribution in [0.25, 0.3) is 0 Å². The molecule has 2 N–H and O–H groups in total. The highest BCUT2D eigenvalue weighted by Crippen LogP contribution is 2.59. The van der Waals surface area contributed by atoms with Crippen LogP contribution in [0.5, 0.6) is 0 Å². The first-order valence-electron chi connectivity index (χ1n) is 4.53. The van der Waals surface area contributed by atoms with Gasteiger partial charge in [0.2, 0.25) is 0 Å². The largest absolute Gasteiger partial charge is 0.381 e. The summed E-state index contributed by atoms with van der Waals surface area (Å²) in [7, 11) is 0. The van der Waals surface area contributed by atoms with E-state index >= 15 is 0 Å². The summed E-state index contributed by atoms with van der Waals surface area (Å²) in [5.74, 6) is 2.49. The predicted molar refractivity (Wildman–Crippen MR) is 58.7 cm³/mol. The van der Waals surface area contributed by atoms with Crippen LogP contribution in [0.3, 0.4) is 0 Å². The smallest absolute Gasteiger partial charge is 0.266 e. The fraction of sp³-hybridized carbons (Fsp3) is 0.400. The molecule has 1 aromatic heterocycles. The molecule has 1 aliphatic rings. The zero-order chi connectivity index (χ0) is 12.0. The Labute approximate surface area is 99.6 Å². The van der Waals surface area contributed by atoms with E-state index < -0.39 is 11.3 Å². The van der Waals surface area contributed by atoms with E-state index in [1.165, 1.54) is 13.1 Å². The van der Waals surface area contributed by atoms with Gasteiger partial charge in [0.05, 0.1) is 11.6 Å². The molecule has 3 nitrogen and oxygen atoms in total. The lowest BCUT2D eigenvalue weighted by atomic mass is 10.1. The molecule has 0 aliphatic heterocycles. The number of hydrogen-bond acceptors (Lipinski definition) is 3. The third-order valence-electron chi connectivity index (χ3n) is 2.48. The van der Waals surface area contributed by atoms with Gasteiger partial charge in [0.15, 0.2) is 11.5 Å². The van der Waals surface area contributed by atoms with Crippen LogP contribution < -0.4 is 5.73 Å². The fourth-order valence-electron chi connectivity index (χ4n) is 1.21. The molecular formula is C10H8BrF2N3. The van der Waals surface area contributed by atoms with Crippen molar-refractivity contribution in [1.29, 1.82) is 0 Å². The van der Waals surface area contributed by atoms with Gasteiger partial charge in [0.1, 0.15) is 4.60 Å². The summed E-state index contributed by atoms with van der Waals surface area (Å²) in [6, 6.07) is 0. The number of nitrogen functional groups attached to an aromatic ring is 1. The standard InChI is InChI=1S/C10H8BrF2N3/c1-9(5-10(9,12)13)3-2-6-8(14)16-7(11)4-15-6/h4H,5H2,1H3,(H2,14,16). The topological polar surface area (TPSA) is 51.8 Å². The van der Waals surface area contributed by atoms with E-state index in [0.29, 0.717) is 4.60 Å². The van der Waals surface area contributed by atoms with Gasteiger partial charge in [-0.15, -0.1) is 0 Å². The van der Waals surface area contributed by atoms with Crippen molar-refractivity contribution in [3.8, 4) is 11.8 Å². The average Bonchev–Trinajstić information content (AvgIpc) is 2.64. The van der Waals surface area contributed by atoms with Crippen molar-refractivity contribution in [2.24, 2.45) is 5.41 Å². The lowest BCUT2D eigenvalue weighted by Gasteiger charge is -1.99. The Morgan fingerprint density at radius 2 is 2.19 bits per heavy atom. The predicted octanol–water partition coefficient (Wildman–Crippen LogP) is 2.22. The molecule has 1 fully saturated rings. The Kier molecular flexibility index (Phi) is 2.39. The molecule has 1 unspecified atom stereocenters. The van der Waals surface area contributed by atoms with Crippen molar-refractivity contribution in [2.45, 2.75) is 19.3 Å². The summed E-state index contributed by atoms with van der Waals surface area (Å²) in [4.78, 5) is 7.78. The van der Waals surface area contributed by atoms with E-state index in [-0.39, 0.29) is 17.9 Å². The van der Waals surface area contributed by atoms with E-state index in [2.05, 4.69) is 37.7 Å². The normalized spacial score (nSPS) is 25.8. The molecule has 1 saturated carbocycles. The van der Waals surface area contributed by atoms with Gasteiger partial charge in [0, 0.05) is 6.42 Å². The maximum absolute atomic E-state index is 12.9. The van der Waals surface area contributed by atoms with Gasteiger partial charge in [-0.05, 0) is 28.8 Å². The molecule has 1 aliphatic carbocycles. The van der Waals surface area contributed by atoms with Gasteiger partial charge in [0.25, 0.3) is 5.92 Å². The number of alkyl halides is 2. The summed E-state index contributed by atoms with van der Waals surface area (Å²) in [6.45, 7) is 1.42. The second-order valence-electron chi connectivity index (χ2n) is 3.89. The second kappa shape index (κ2) is 3.39. The highest BCUT2D eigenvalue weighted by molar-refractivity contribution is 9.10. The van der Waals surface area contributed by atoms with Gasteiger partial charge in [-0.25, -0.2) is 18.7 Å². The number of aromatic nitrogens is 2. The van der Waals surface area contributed by atoms with Gasteiger partial charge in [-0.2, -0.15) is 0 Å². The van der Waals surface area contributed by atoms with Crippen molar-refractivity contribution in [3.05, 3.63) is 16.5 Å². The third kappa shape index (κ3) is 1.87. The Hall–Kier alpha value is -1.22. The first-order valence-corrected chi connectivity index (χ1v) is 5.32. The molecular weight excluding hydrogens is 280 g/mol. The third-order valence-corrected chi connectivity index (χ3v) is 2.87.